The zero-order chi connectivity index (χ0) is 23.4. The van der Waals surface area contributed by atoms with Crippen molar-refractivity contribution in [1.82, 2.24) is 4.31 Å². The molecule has 0 saturated carbocycles. The second kappa shape index (κ2) is 13.4. The molecule has 0 N–H and O–H groups in total. The highest BCUT2D eigenvalue weighted by Crippen LogP contribution is 2.24. The lowest BCUT2D eigenvalue weighted by molar-refractivity contribution is -0.145. The van der Waals surface area contributed by atoms with Crippen LogP contribution in [0.1, 0.15) is 56.8 Å². The number of sulfonamides is 1. The van der Waals surface area contributed by atoms with E-state index in [0.717, 1.165) is 0 Å². The second-order valence-electron chi connectivity index (χ2n) is 7.55. The van der Waals surface area contributed by atoms with Gasteiger partial charge in [0.2, 0.25) is 10.0 Å². The molecular weight excluding hydrogens is 422 g/mol. The van der Waals surface area contributed by atoms with Crippen LogP contribution < -0.4 is 0 Å². The second-order valence-corrected chi connectivity index (χ2v) is 9.44. The van der Waals surface area contributed by atoms with Crippen molar-refractivity contribution in [3.63, 3.8) is 0 Å². The smallest absolute Gasteiger partial charge is 0.337 e. The number of hydrogen-bond acceptors (Lipinski definition) is 7. The van der Waals surface area contributed by atoms with Gasteiger partial charge in [-0.25, -0.2) is 13.2 Å². The van der Waals surface area contributed by atoms with E-state index in [2.05, 4.69) is 4.74 Å². The van der Waals surface area contributed by atoms with Crippen molar-refractivity contribution in [2.45, 2.75) is 57.4 Å². The van der Waals surface area contributed by atoms with Crippen LogP contribution in [0, 0.1) is 5.92 Å². The fraction of sp³-hybridized carbons (Fsp3) is 0.636. The Morgan fingerprint density at radius 2 is 1.65 bits per heavy atom. The van der Waals surface area contributed by atoms with Gasteiger partial charge in [-0.3, -0.25) is 4.79 Å². The van der Waals surface area contributed by atoms with Crippen molar-refractivity contribution in [2.24, 2.45) is 5.92 Å². The van der Waals surface area contributed by atoms with Crippen molar-refractivity contribution in [1.29, 1.82) is 0 Å². The summed E-state index contributed by atoms with van der Waals surface area (Å²) in [6.45, 7) is 7.23. The molecule has 0 amide bonds. The molecule has 1 atom stereocenters. The van der Waals surface area contributed by atoms with Gasteiger partial charge in [-0.05, 0) is 62.8 Å². The van der Waals surface area contributed by atoms with E-state index in [4.69, 9.17) is 9.47 Å². The van der Waals surface area contributed by atoms with Gasteiger partial charge in [0.25, 0.3) is 0 Å². The maximum absolute atomic E-state index is 13.5. The van der Waals surface area contributed by atoms with E-state index in [0.29, 0.717) is 38.9 Å². The Morgan fingerprint density at radius 3 is 2.16 bits per heavy atom. The molecule has 0 aliphatic carbocycles. The predicted molar refractivity (Wildman–Crippen MR) is 117 cm³/mol. The van der Waals surface area contributed by atoms with Gasteiger partial charge in [0.1, 0.15) is 6.04 Å². The number of nitrogens with zero attached hydrogens (tertiary/aromatic N) is 1. The van der Waals surface area contributed by atoms with Gasteiger partial charge in [0.05, 0.1) is 24.7 Å². The van der Waals surface area contributed by atoms with Crippen LogP contribution in [0.2, 0.25) is 0 Å². The maximum Gasteiger partial charge on any atom is 0.337 e. The molecule has 0 unspecified atom stereocenters. The number of carbonyl (C=O) groups excluding carboxylic acids is 2. The highest BCUT2D eigenvalue weighted by molar-refractivity contribution is 7.89. The monoisotopic (exact) mass is 457 g/mol. The molecular formula is C22H35NO7S. The molecule has 0 saturated heterocycles. The summed E-state index contributed by atoms with van der Waals surface area (Å²) in [6, 6.07) is 4.57. The van der Waals surface area contributed by atoms with Crippen molar-refractivity contribution in [3.05, 3.63) is 29.8 Å². The number of hydrogen-bond donors (Lipinski definition) is 0. The standard InChI is InChI=1S/C22H35NO7S/c1-6-30-16-8-7-9-20(22(25)29-5)23(15-14-17(2)3)31(26,27)19-12-10-18(11-13-19)21(24)28-4/h10-13,17,20H,6-9,14-16H2,1-5H3/t20-/m0/s1. The summed E-state index contributed by atoms with van der Waals surface area (Å²) < 4.78 is 43.1. The Kier molecular flexibility index (Phi) is 11.7. The van der Waals surface area contributed by atoms with Crippen LogP contribution >= 0.6 is 0 Å². The first-order valence-corrected chi connectivity index (χ1v) is 12.0. The summed E-state index contributed by atoms with van der Waals surface area (Å²) in [7, 11) is -1.48. The summed E-state index contributed by atoms with van der Waals surface area (Å²) in [5.41, 5.74) is 0.246. The molecule has 0 aliphatic rings. The average Bonchev–Trinajstić information content (AvgIpc) is 2.76. The lowest BCUT2D eigenvalue weighted by atomic mass is 10.1. The number of ether oxygens (including phenoxy) is 3. The minimum atomic E-state index is -4.00. The Balaban J connectivity index is 3.21. The first-order chi connectivity index (χ1) is 14.7. The Labute approximate surface area is 185 Å². The predicted octanol–water partition coefficient (Wildman–Crippen LogP) is 3.26. The van der Waals surface area contributed by atoms with Crippen molar-refractivity contribution < 1.29 is 32.2 Å². The molecule has 0 aliphatic heterocycles. The summed E-state index contributed by atoms with van der Waals surface area (Å²) in [5, 5.41) is 0. The largest absolute Gasteiger partial charge is 0.468 e. The Morgan fingerprint density at radius 1 is 1.00 bits per heavy atom. The molecule has 1 aromatic carbocycles. The maximum atomic E-state index is 13.5. The fourth-order valence-corrected chi connectivity index (χ4v) is 4.67. The number of rotatable bonds is 14. The van der Waals surface area contributed by atoms with Gasteiger partial charge in [-0.15, -0.1) is 0 Å². The summed E-state index contributed by atoms with van der Waals surface area (Å²) in [6.07, 6.45) is 2.26. The Bertz CT molecular complexity index is 791. The molecule has 0 heterocycles. The van der Waals surface area contributed by atoms with Gasteiger partial charge >= 0.3 is 11.9 Å². The molecule has 0 fully saturated rings. The van der Waals surface area contributed by atoms with E-state index in [1.54, 1.807) is 0 Å². The SMILES string of the molecule is CCOCCCC[C@@H](C(=O)OC)N(CCC(C)C)S(=O)(=O)c1ccc(C(=O)OC)cc1. The van der Waals surface area contributed by atoms with Crippen molar-refractivity contribution in [3.8, 4) is 0 Å². The van der Waals surface area contributed by atoms with E-state index in [-0.39, 0.29) is 22.9 Å². The van der Waals surface area contributed by atoms with Crippen molar-refractivity contribution in [2.75, 3.05) is 34.0 Å². The van der Waals surface area contributed by atoms with Gasteiger partial charge < -0.3 is 14.2 Å². The zero-order valence-electron chi connectivity index (χ0n) is 19.1. The molecule has 0 spiro atoms. The highest BCUT2D eigenvalue weighted by atomic mass is 32.2. The van der Waals surface area contributed by atoms with E-state index in [1.165, 1.54) is 42.8 Å². The third-order valence-corrected chi connectivity index (χ3v) is 6.77. The quantitative estimate of drug-likeness (QED) is 0.312. The Hall–Kier alpha value is -1.97. The average molecular weight is 458 g/mol. The van der Waals surface area contributed by atoms with Gasteiger partial charge in [0.15, 0.2) is 0 Å². The van der Waals surface area contributed by atoms with Gasteiger partial charge in [-0.1, -0.05) is 13.8 Å². The third kappa shape index (κ3) is 8.23. The van der Waals surface area contributed by atoms with Crippen molar-refractivity contribution >= 4 is 22.0 Å². The number of benzene rings is 1. The van der Waals surface area contributed by atoms with Crippen LogP contribution in [0.4, 0.5) is 0 Å². The molecule has 1 aromatic rings. The van der Waals surface area contributed by atoms with Crippen LogP contribution in [-0.2, 0) is 29.0 Å². The van der Waals surface area contributed by atoms with Crippen LogP contribution in [-0.4, -0.2) is 64.7 Å². The topological polar surface area (TPSA) is 99.2 Å². The van der Waals surface area contributed by atoms with E-state index < -0.39 is 28.0 Å². The van der Waals surface area contributed by atoms with Crippen LogP contribution in [0.25, 0.3) is 0 Å². The number of methoxy groups -OCH3 is 2. The zero-order valence-corrected chi connectivity index (χ0v) is 19.9. The minimum absolute atomic E-state index is 0.00660. The van der Waals surface area contributed by atoms with E-state index >= 15 is 0 Å². The van der Waals surface area contributed by atoms with Crippen LogP contribution in [0.15, 0.2) is 29.2 Å². The first-order valence-electron chi connectivity index (χ1n) is 10.5. The van der Waals surface area contributed by atoms with E-state index in [9.17, 15) is 18.0 Å². The van der Waals surface area contributed by atoms with E-state index in [1.807, 2.05) is 20.8 Å². The lowest BCUT2D eigenvalue weighted by Crippen LogP contribution is -2.46. The molecule has 0 bridgehead atoms. The highest BCUT2D eigenvalue weighted by Gasteiger charge is 2.36. The molecule has 8 nitrogen and oxygen atoms in total. The van der Waals surface area contributed by atoms with Crippen LogP contribution in [0.3, 0.4) is 0 Å². The fourth-order valence-electron chi connectivity index (χ4n) is 3.05. The summed E-state index contributed by atoms with van der Waals surface area (Å²) in [4.78, 5) is 24.2. The molecule has 176 valence electrons. The third-order valence-electron chi connectivity index (χ3n) is 4.85. The molecule has 0 radical (unpaired) electrons. The summed E-state index contributed by atoms with van der Waals surface area (Å²) >= 11 is 0. The molecule has 1 rings (SSSR count). The normalized spacial score (nSPS) is 12.7. The number of carbonyl (C=O) groups is 2. The molecule has 0 aromatic heterocycles. The number of unbranched alkanes of at least 4 members (excludes halogenated alkanes) is 1. The summed E-state index contributed by atoms with van der Waals surface area (Å²) in [5.74, 6) is -0.895. The first kappa shape index (κ1) is 27.1. The lowest BCUT2D eigenvalue weighted by Gasteiger charge is -2.30. The van der Waals surface area contributed by atoms with Gasteiger partial charge in [-0.2, -0.15) is 4.31 Å². The molecule has 31 heavy (non-hydrogen) atoms. The van der Waals surface area contributed by atoms with Crippen LogP contribution in [0.5, 0.6) is 0 Å². The number of esters is 2. The minimum Gasteiger partial charge on any atom is -0.468 e. The molecule has 9 heteroatoms. The van der Waals surface area contributed by atoms with Gasteiger partial charge in [0, 0.05) is 19.8 Å².